The molecule has 10 heteroatoms. The third-order valence-corrected chi connectivity index (χ3v) is 4.18. The molecule has 8 nitrogen and oxygen atoms in total. The summed E-state index contributed by atoms with van der Waals surface area (Å²) >= 11 is 7.12. The predicted octanol–water partition coefficient (Wildman–Crippen LogP) is 3.41. The van der Waals surface area contributed by atoms with Gasteiger partial charge >= 0.3 is 0 Å². The summed E-state index contributed by atoms with van der Waals surface area (Å²) in [6, 6.07) is 7.18. The Morgan fingerprint density at radius 3 is 2.62 bits per heavy atom. The SMILES string of the molecule is O=C(Nc1nnc(-c2ccncc2)s1)c1ccc([N+](=O)[O-])cc1Cl. The minimum absolute atomic E-state index is 0.0134. The van der Waals surface area contributed by atoms with Gasteiger partial charge in [0.1, 0.15) is 5.01 Å². The number of carbonyl (C=O) groups is 1. The van der Waals surface area contributed by atoms with Crippen molar-refractivity contribution in [1.29, 1.82) is 0 Å². The first-order valence-electron chi connectivity index (χ1n) is 6.54. The number of non-ortho nitro benzene ring substituents is 1. The van der Waals surface area contributed by atoms with Gasteiger partial charge in [0, 0.05) is 30.1 Å². The van der Waals surface area contributed by atoms with Crippen LogP contribution >= 0.6 is 22.9 Å². The summed E-state index contributed by atoms with van der Waals surface area (Å²) in [7, 11) is 0. The Bertz CT molecular complexity index is 916. The van der Waals surface area contributed by atoms with Crippen LogP contribution in [0.1, 0.15) is 10.4 Å². The van der Waals surface area contributed by atoms with E-state index in [1.165, 1.54) is 23.5 Å². The average Bonchev–Trinajstić information content (AvgIpc) is 3.03. The first-order valence-corrected chi connectivity index (χ1v) is 7.73. The Morgan fingerprint density at radius 1 is 1.21 bits per heavy atom. The lowest BCUT2D eigenvalue weighted by atomic mass is 10.2. The number of rotatable bonds is 4. The van der Waals surface area contributed by atoms with Gasteiger partial charge in [-0.1, -0.05) is 22.9 Å². The highest BCUT2D eigenvalue weighted by atomic mass is 35.5. The maximum Gasteiger partial charge on any atom is 0.270 e. The number of aromatic nitrogens is 3. The molecule has 0 bridgehead atoms. The first kappa shape index (κ1) is 16.0. The zero-order valence-electron chi connectivity index (χ0n) is 11.8. The van der Waals surface area contributed by atoms with Crippen LogP contribution in [0.25, 0.3) is 10.6 Å². The van der Waals surface area contributed by atoms with E-state index in [4.69, 9.17) is 11.6 Å². The topological polar surface area (TPSA) is 111 Å². The zero-order valence-corrected chi connectivity index (χ0v) is 13.4. The fraction of sp³-hybridized carbons (Fsp3) is 0. The van der Waals surface area contributed by atoms with Crippen LogP contribution in [0.15, 0.2) is 42.7 Å². The van der Waals surface area contributed by atoms with Crippen LogP contribution in [0, 0.1) is 10.1 Å². The molecule has 2 heterocycles. The summed E-state index contributed by atoms with van der Waals surface area (Å²) < 4.78 is 0. The van der Waals surface area contributed by atoms with Gasteiger partial charge in [0.05, 0.1) is 15.5 Å². The van der Waals surface area contributed by atoms with E-state index in [2.05, 4.69) is 20.5 Å². The van der Waals surface area contributed by atoms with Crippen molar-refractivity contribution in [2.45, 2.75) is 0 Å². The summed E-state index contributed by atoms with van der Waals surface area (Å²) in [4.78, 5) is 26.2. The van der Waals surface area contributed by atoms with Crippen molar-refractivity contribution in [3.05, 3.63) is 63.4 Å². The third kappa shape index (κ3) is 3.36. The number of pyridine rings is 1. The lowest BCUT2D eigenvalue weighted by Crippen LogP contribution is -2.12. The molecule has 0 saturated carbocycles. The number of benzene rings is 1. The molecule has 120 valence electrons. The van der Waals surface area contributed by atoms with Crippen LogP contribution in [0.3, 0.4) is 0 Å². The molecule has 0 radical (unpaired) electrons. The molecule has 0 atom stereocenters. The van der Waals surface area contributed by atoms with E-state index in [-0.39, 0.29) is 16.3 Å². The van der Waals surface area contributed by atoms with Gasteiger partial charge in [-0.15, -0.1) is 10.2 Å². The molecule has 0 aliphatic heterocycles. The van der Waals surface area contributed by atoms with Crippen molar-refractivity contribution < 1.29 is 9.72 Å². The van der Waals surface area contributed by atoms with Crippen LogP contribution < -0.4 is 5.32 Å². The quantitative estimate of drug-likeness (QED) is 0.563. The van der Waals surface area contributed by atoms with Gasteiger partial charge in [-0.05, 0) is 18.2 Å². The Balaban J connectivity index is 1.78. The average molecular weight is 362 g/mol. The smallest absolute Gasteiger partial charge is 0.270 e. The molecule has 0 fully saturated rings. The minimum atomic E-state index is -0.584. The van der Waals surface area contributed by atoms with E-state index in [0.717, 1.165) is 11.6 Å². The Morgan fingerprint density at radius 2 is 1.96 bits per heavy atom. The van der Waals surface area contributed by atoms with E-state index in [0.29, 0.717) is 10.1 Å². The third-order valence-electron chi connectivity index (χ3n) is 2.98. The molecule has 24 heavy (non-hydrogen) atoms. The molecular formula is C14H8ClN5O3S. The minimum Gasteiger partial charge on any atom is -0.296 e. The van der Waals surface area contributed by atoms with Crippen LogP contribution in [0.5, 0.6) is 0 Å². The maximum atomic E-state index is 12.2. The van der Waals surface area contributed by atoms with E-state index >= 15 is 0 Å². The van der Waals surface area contributed by atoms with Crippen molar-refractivity contribution in [3.8, 4) is 10.6 Å². The van der Waals surface area contributed by atoms with Gasteiger partial charge in [0.2, 0.25) is 5.13 Å². The molecule has 0 aliphatic rings. The molecule has 1 amide bonds. The lowest BCUT2D eigenvalue weighted by Gasteiger charge is -2.03. The van der Waals surface area contributed by atoms with Crippen molar-refractivity contribution in [1.82, 2.24) is 15.2 Å². The number of nitro groups is 1. The van der Waals surface area contributed by atoms with Gasteiger partial charge in [-0.25, -0.2) is 0 Å². The number of nitrogens with zero attached hydrogens (tertiary/aromatic N) is 4. The van der Waals surface area contributed by atoms with Crippen molar-refractivity contribution in [2.24, 2.45) is 0 Å². The number of anilines is 1. The summed E-state index contributed by atoms with van der Waals surface area (Å²) in [5.41, 5.74) is 0.756. The fourth-order valence-corrected chi connectivity index (χ4v) is 2.86. The monoisotopic (exact) mass is 361 g/mol. The highest BCUT2D eigenvalue weighted by Crippen LogP contribution is 2.27. The summed E-state index contributed by atoms with van der Waals surface area (Å²) in [6.45, 7) is 0. The number of hydrogen-bond acceptors (Lipinski definition) is 7. The van der Waals surface area contributed by atoms with E-state index in [1.807, 2.05) is 0 Å². The normalized spacial score (nSPS) is 10.4. The Labute approximate surface area is 144 Å². The van der Waals surface area contributed by atoms with Crippen molar-refractivity contribution in [3.63, 3.8) is 0 Å². The highest BCUT2D eigenvalue weighted by molar-refractivity contribution is 7.18. The summed E-state index contributed by atoms with van der Waals surface area (Å²) in [5, 5.41) is 22.1. The van der Waals surface area contributed by atoms with Crippen LogP contribution in [0.2, 0.25) is 5.02 Å². The zero-order chi connectivity index (χ0) is 17.1. The Kier molecular flexibility index (Phi) is 4.45. The molecule has 3 aromatic rings. The number of hydrogen-bond donors (Lipinski definition) is 1. The summed E-state index contributed by atoms with van der Waals surface area (Å²) in [6.07, 6.45) is 3.26. The largest absolute Gasteiger partial charge is 0.296 e. The van der Waals surface area contributed by atoms with E-state index < -0.39 is 10.8 Å². The van der Waals surface area contributed by atoms with Crippen molar-refractivity contribution >= 4 is 39.7 Å². The molecule has 0 unspecified atom stereocenters. The van der Waals surface area contributed by atoms with Crippen molar-refractivity contribution in [2.75, 3.05) is 5.32 Å². The van der Waals surface area contributed by atoms with Gasteiger partial charge in [0.25, 0.3) is 11.6 Å². The maximum absolute atomic E-state index is 12.2. The second-order valence-electron chi connectivity index (χ2n) is 4.52. The summed E-state index contributed by atoms with van der Waals surface area (Å²) in [5.74, 6) is -0.521. The van der Waals surface area contributed by atoms with Crippen LogP contribution in [-0.2, 0) is 0 Å². The van der Waals surface area contributed by atoms with Crippen LogP contribution in [0.4, 0.5) is 10.8 Å². The number of nitro benzene ring substituents is 1. The second kappa shape index (κ2) is 6.69. The first-order chi connectivity index (χ1) is 11.5. The van der Waals surface area contributed by atoms with E-state index in [9.17, 15) is 14.9 Å². The number of carbonyl (C=O) groups excluding carboxylic acids is 1. The molecule has 0 aliphatic carbocycles. The van der Waals surface area contributed by atoms with Gasteiger partial charge in [0.15, 0.2) is 0 Å². The molecule has 0 spiro atoms. The fourth-order valence-electron chi connectivity index (χ4n) is 1.85. The number of amides is 1. The molecule has 3 rings (SSSR count). The van der Waals surface area contributed by atoms with E-state index in [1.54, 1.807) is 24.5 Å². The van der Waals surface area contributed by atoms with Gasteiger partial charge in [-0.3, -0.25) is 25.2 Å². The molecule has 0 saturated heterocycles. The Hall–Kier alpha value is -2.91. The lowest BCUT2D eigenvalue weighted by molar-refractivity contribution is -0.384. The molecule has 1 aromatic carbocycles. The predicted molar refractivity (Wildman–Crippen MR) is 89.2 cm³/mol. The number of nitrogens with one attached hydrogen (secondary N) is 1. The van der Waals surface area contributed by atoms with Gasteiger partial charge in [-0.2, -0.15) is 0 Å². The highest BCUT2D eigenvalue weighted by Gasteiger charge is 2.17. The molecule has 2 aromatic heterocycles. The molecule has 1 N–H and O–H groups in total. The van der Waals surface area contributed by atoms with Gasteiger partial charge < -0.3 is 0 Å². The standard InChI is InChI=1S/C14H8ClN5O3S/c15-11-7-9(20(22)23)1-2-10(11)12(21)17-14-19-18-13(24-14)8-3-5-16-6-4-8/h1-7H,(H,17,19,21). The molecular weight excluding hydrogens is 354 g/mol. The van der Waals surface area contributed by atoms with Crippen LogP contribution in [-0.4, -0.2) is 26.0 Å². The second-order valence-corrected chi connectivity index (χ2v) is 5.91. The number of halogens is 1.